The van der Waals surface area contributed by atoms with Crippen LogP contribution in [0.2, 0.25) is 0 Å². The summed E-state index contributed by atoms with van der Waals surface area (Å²) in [7, 11) is 0. The van der Waals surface area contributed by atoms with Gasteiger partial charge < -0.3 is 9.32 Å². The van der Waals surface area contributed by atoms with Crippen LogP contribution in [0.25, 0.3) is 55.5 Å². The zero-order valence-corrected chi connectivity index (χ0v) is 31.3. The van der Waals surface area contributed by atoms with E-state index in [1.165, 1.54) is 72.3 Å². The lowest BCUT2D eigenvalue weighted by atomic mass is 9.73. The third-order valence-electron chi connectivity index (χ3n) is 12.9. The van der Waals surface area contributed by atoms with Gasteiger partial charge in [0, 0.05) is 33.4 Å². The lowest BCUT2D eigenvalue weighted by Crippen LogP contribution is -2.26. The van der Waals surface area contributed by atoms with Crippen molar-refractivity contribution in [2.75, 3.05) is 4.90 Å². The van der Waals surface area contributed by atoms with E-state index in [-0.39, 0.29) is 5.41 Å². The van der Waals surface area contributed by atoms with Gasteiger partial charge in [-0.25, -0.2) is 0 Å². The molecule has 264 valence electrons. The summed E-state index contributed by atoms with van der Waals surface area (Å²) in [6.45, 7) is 4.72. The van der Waals surface area contributed by atoms with E-state index in [2.05, 4.69) is 207 Å². The van der Waals surface area contributed by atoms with Crippen molar-refractivity contribution in [3.05, 3.63) is 222 Å². The van der Waals surface area contributed by atoms with Crippen molar-refractivity contribution in [1.82, 2.24) is 0 Å². The van der Waals surface area contributed by atoms with Gasteiger partial charge in [0.25, 0.3) is 0 Å². The quantitative estimate of drug-likeness (QED) is 0.180. The summed E-state index contributed by atoms with van der Waals surface area (Å²) in [4.78, 5) is 2.45. The van der Waals surface area contributed by atoms with Gasteiger partial charge in [0.2, 0.25) is 0 Å². The zero-order valence-electron chi connectivity index (χ0n) is 31.3. The van der Waals surface area contributed by atoms with Gasteiger partial charge in [-0.15, -0.1) is 0 Å². The Morgan fingerprint density at radius 1 is 0.393 bits per heavy atom. The summed E-state index contributed by atoms with van der Waals surface area (Å²) in [5, 5.41) is 1.16. The van der Waals surface area contributed by atoms with Crippen LogP contribution in [0.5, 0.6) is 0 Å². The van der Waals surface area contributed by atoms with Gasteiger partial charge in [0.05, 0.1) is 0 Å². The van der Waals surface area contributed by atoms with Gasteiger partial charge in [-0.1, -0.05) is 159 Å². The topological polar surface area (TPSA) is 16.4 Å². The molecule has 0 radical (unpaired) electrons. The third kappa shape index (κ3) is 4.06. The van der Waals surface area contributed by atoms with Crippen LogP contribution in [0.3, 0.4) is 0 Å². The Labute approximate surface area is 327 Å². The summed E-state index contributed by atoms with van der Waals surface area (Å²) < 4.78 is 7.06. The second-order valence-corrected chi connectivity index (χ2v) is 16.0. The van der Waals surface area contributed by atoms with E-state index in [0.717, 1.165) is 33.8 Å². The van der Waals surface area contributed by atoms with E-state index in [1.54, 1.807) is 0 Å². The molecule has 0 aliphatic heterocycles. The van der Waals surface area contributed by atoms with Crippen LogP contribution < -0.4 is 4.90 Å². The monoisotopic (exact) mass is 715 g/mol. The first-order chi connectivity index (χ1) is 27.5. The summed E-state index contributed by atoms with van der Waals surface area (Å²) in [5.74, 6) is 1.01. The van der Waals surface area contributed by atoms with Crippen LogP contribution in [-0.4, -0.2) is 0 Å². The van der Waals surface area contributed by atoms with Crippen molar-refractivity contribution >= 4 is 28.0 Å². The molecule has 0 fully saturated rings. The molecule has 1 unspecified atom stereocenters. The van der Waals surface area contributed by atoms with E-state index in [9.17, 15) is 0 Å². The molecule has 1 spiro atoms. The normalized spacial score (nSPS) is 16.2. The number of hydrogen-bond acceptors (Lipinski definition) is 2. The fourth-order valence-corrected chi connectivity index (χ4v) is 10.4. The molecule has 12 rings (SSSR count). The first-order valence-electron chi connectivity index (χ1n) is 19.6. The highest BCUT2D eigenvalue weighted by Crippen LogP contribution is 2.65. The van der Waals surface area contributed by atoms with Crippen LogP contribution >= 0.6 is 0 Å². The average Bonchev–Trinajstić information content (AvgIpc) is 3.93. The van der Waals surface area contributed by atoms with E-state index < -0.39 is 5.41 Å². The molecule has 2 nitrogen and oxygen atoms in total. The lowest BCUT2D eigenvalue weighted by Gasteiger charge is -2.31. The number of nitrogens with zero attached hydrogens (tertiary/aromatic N) is 1. The molecule has 0 saturated heterocycles. The van der Waals surface area contributed by atoms with Gasteiger partial charge in [-0.3, -0.25) is 0 Å². The Balaban J connectivity index is 1.11. The SMILES string of the molecule is CC1(C)c2ccccc2-c2ccc(N(c3ccc(-c4ccccc4)cc3)c3ccc4c(c3)C3(c5ccccc5-4)c4ccccc4-c4c3oc3ccccc43)cc21. The molecular weight excluding hydrogens is 679 g/mol. The highest BCUT2D eigenvalue weighted by molar-refractivity contribution is 6.05. The molecule has 3 aliphatic carbocycles. The van der Waals surface area contributed by atoms with Crippen LogP contribution in [0.15, 0.2) is 192 Å². The number of fused-ring (bicyclic) bond motifs is 15. The maximum atomic E-state index is 7.06. The minimum atomic E-state index is -0.600. The van der Waals surface area contributed by atoms with E-state index in [4.69, 9.17) is 4.42 Å². The molecule has 1 atom stereocenters. The van der Waals surface area contributed by atoms with Gasteiger partial charge >= 0.3 is 0 Å². The van der Waals surface area contributed by atoms with Crippen LogP contribution in [0.4, 0.5) is 17.1 Å². The Morgan fingerprint density at radius 2 is 0.893 bits per heavy atom. The van der Waals surface area contributed by atoms with E-state index in [0.29, 0.717) is 0 Å². The molecule has 1 heterocycles. The molecule has 56 heavy (non-hydrogen) atoms. The zero-order chi connectivity index (χ0) is 37.2. The fourth-order valence-electron chi connectivity index (χ4n) is 10.4. The molecule has 0 amide bonds. The third-order valence-corrected chi connectivity index (χ3v) is 12.9. The Kier molecular flexibility index (Phi) is 6.36. The molecule has 0 saturated carbocycles. The van der Waals surface area contributed by atoms with Crippen molar-refractivity contribution in [3.63, 3.8) is 0 Å². The second-order valence-electron chi connectivity index (χ2n) is 16.0. The molecule has 3 aliphatic rings. The van der Waals surface area contributed by atoms with Crippen molar-refractivity contribution in [3.8, 4) is 44.5 Å². The van der Waals surface area contributed by atoms with E-state index in [1.807, 2.05) is 0 Å². The Morgan fingerprint density at radius 3 is 1.62 bits per heavy atom. The minimum absolute atomic E-state index is 0.125. The summed E-state index contributed by atoms with van der Waals surface area (Å²) >= 11 is 0. The predicted octanol–water partition coefficient (Wildman–Crippen LogP) is 14.2. The van der Waals surface area contributed by atoms with Crippen molar-refractivity contribution in [2.45, 2.75) is 24.7 Å². The van der Waals surface area contributed by atoms with E-state index >= 15 is 0 Å². The Hall–Kier alpha value is -6.90. The maximum Gasteiger partial charge on any atom is 0.135 e. The smallest absolute Gasteiger partial charge is 0.135 e. The number of para-hydroxylation sites is 1. The van der Waals surface area contributed by atoms with Gasteiger partial charge in [-0.05, 0) is 109 Å². The van der Waals surface area contributed by atoms with Crippen molar-refractivity contribution < 1.29 is 4.42 Å². The Bertz CT molecular complexity index is 3060. The average molecular weight is 716 g/mol. The fraction of sp³-hybridized carbons (Fsp3) is 0.0741. The van der Waals surface area contributed by atoms with Gasteiger partial charge in [-0.2, -0.15) is 0 Å². The first-order valence-corrected chi connectivity index (χ1v) is 19.6. The van der Waals surface area contributed by atoms with Crippen LogP contribution in [-0.2, 0) is 10.8 Å². The number of rotatable bonds is 4. The van der Waals surface area contributed by atoms with Crippen LogP contribution in [0.1, 0.15) is 47.4 Å². The maximum absolute atomic E-state index is 7.06. The molecule has 1 aromatic heterocycles. The number of anilines is 3. The summed E-state index contributed by atoms with van der Waals surface area (Å²) in [6, 6.07) is 69.2. The number of benzene rings is 8. The summed E-state index contributed by atoms with van der Waals surface area (Å²) in [5.41, 5.74) is 20.1. The summed E-state index contributed by atoms with van der Waals surface area (Å²) in [6.07, 6.45) is 0. The van der Waals surface area contributed by atoms with Crippen molar-refractivity contribution in [2.24, 2.45) is 0 Å². The largest absolute Gasteiger partial charge is 0.459 e. The van der Waals surface area contributed by atoms with Gasteiger partial charge in [0.15, 0.2) is 0 Å². The minimum Gasteiger partial charge on any atom is -0.459 e. The predicted molar refractivity (Wildman–Crippen MR) is 230 cm³/mol. The van der Waals surface area contributed by atoms with Crippen LogP contribution in [0, 0.1) is 0 Å². The second kappa shape index (κ2) is 11.3. The molecular formula is C54H37NO. The molecule has 8 aromatic carbocycles. The molecule has 2 heteroatoms. The van der Waals surface area contributed by atoms with Gasteiger partial charge in [0.1, 0.15) is 16.8 Å². The molecule has 0 bridgehead atoms. The standard InChI is InChI=1S/C54H37NO/c1-53(2)45-20-10-6-16-39(45)41-30-28-37(32-48(41)53)55(36-26-24-35(25-27-36)34-14-4-3-5-15-34)38-29-31-42-40-17-7-11-21-46(40)54(49(42)33-38)47-22-12-8-18-43(47)51-44-19-9-13-23-50(44)56-52(51)54/h3-33H,1-2H3. The first kappa shape index (κ1) is 31.5. The number of hydrogen-bond donors (Lipinski definition) is 0. The number of furan rings is 1. The highest BCUT2D eigenvalue weighted by atomic mass is 16.3. The molecule has 0 N–H and O–H groups in total. The van der Waals surface area contributed by atoms with Crippen molar-refractivity contribution in [1.29, 1.82) is 0 Å². The lowest BCUT2D eigenvalue weighted by molar-refractivity contribution is 0.507. The highest BCUT2D eigenvalue weighted by Gasteiger charge is 2.55. The molecule has 9 aromatic rings.